The normalized spacial score (nSPS) is 20.1. The van der Waals surface area contributed by atoms with E-state index in [0.29, 0.717) is 12.2 Å². The zero-order valence-corrected chi connectivity index (χ0v) is 9.69. The maximum absolute atomic E-state index is 13.6. The lowest BCUT2D eigenvalue weighted by Crippen LogP contribution is -2.44. The Balaban J connectivity index is 2.38. The summed E-state index contributed by atoms with van der Waals surface area (Å²) in [5.41, 5.74) is 6.56. The molecule has 1 heterocycles. The highest BCUT2D eigenvalue weighted by atomic mass is 19.1. The van der Waals surface area contributed by atoms with Crippen LogP contribution in [0.15, 0.2) is 18.2 Å². The van der Waals surface area contributed by atoms with Gasteiger partial charge in [0.05, 0.1) is 5.69 Å². The van der Waals surface area contributed by atoms with Crippen LogP contribution in [0.25, 0.3) is 0 Å². The molecule has 0 aromatic heterocycles. The quantitative estimate of drug-likeness (QED) is 0.850. The molecule has 1 fully saturated rings. The van der Waals surface area contributed by atoms with Gasteiger partial charge in [-0.05, 0) is 31.4 Å². The second kappa shape index (κ2) is 5.15. The topological polar surface area (TPSA) is 53.0 Å². The molecule has 0 saturated carbocycles. The molecule has 0 aliphatic carbocycles. The molecule has 90 valence electrons. The molecule has 1 atom stereocenters. The van der Waals surface area contributed by atoms with Crippen molar-refractivity contribution in [1.82, 2.24) is 0 Å². The predicted molar refractivity (Wildman–Crippen MR) is 65.2 cm³/mol. The number of hydrogen-bond donors (Lipinski definition) is 1. The van der Waals surface area contributed by atoms with Gasteiger partial charge in [0.1, 0.15) is 17.4 Å². The number of rotatable bonds is 2. The fraction of sp³-hybridized carbons (Fsp3) is 0.462. The molecule has 2 N–H and O–H groups in total. The fourth-order valence-corrected chi connectivity index (χ4v) is 2.43. The van der Waals surface area contributed by atoms with Crippen molar-refractivity contribution < 1.29 is 4.39 Å². The van der Waals surface area contributed by atoms with Crippen LogP contribution in [0.1, 0.15) is 24.8 Å². The summed E-state index contributed by atoms with van der Waals surface area (Å²) in [6.07, 6.45) is 3.23. The molecule has 1 aliphatic rings. The first-order valence-electron chi connectivity index (χ1n) is 5.93. The molecule has 0 spiro atoms. The van der Waals surface area contributed by atoms with Crippen LogP contribution in [0.5, 0.6) is 0 Å². The van der Waals surface area contributed by atoms with E-state index in [2.05, 4.69) is 4.90 Å². The zero-order chi connectivity index (χ0) is 12.3. The van der Waals surface area contributed by atoms with Crippen LogP contribution in [0.2, 0.25) is 0 Å². The van der Waals surface area contributed by atoms with Crippen molar-refractivity contribution >= 4 is 5.69 Å². The summed E-state index contributed by atoms with van der Waals surface area (Å²) in [4.78, 5) is 2.07. The molecule has 1 aromatic rings. The van der Waals surface area contributed by atoms with E-state index >= 15 is 0 Å². The third kappa shape index (κ3) is 2.25. The van der Waals surface area contributed by atoms with Crippen molar-refractivity contribution in [2.24, 2.45) is 5.73 Å². The highest BCUT2D eigenvalue weighted by Crippen LogP contribution is 2.28. The Morgan fingerprint density at radius 3 is 3.00 bits per heavy atom. The smallest absolute Gasteiger partial charge is 0.143 e. The Hall–Kier alpha value is -1.60. The second-order valence-electron chi connectivity index (χ2n) is 4.32. The van der Waals surface area contributed by atoms with Gasteiger partial charge in [-0.3, -0.25) is 0 Å². The number of hydrogen-bond acceptors (Lipinski definition) is 3. The van der Waals surface area contributed by atoms with Gasteiger partial charge in [-0.1, -0.05) is 6.07 Å². The van der Waals surface area contributed by atoms with Gasteiger partial charge in [0.2, 0.25) is 0 Å². The first-order chi connectivity index (χ1) is 8.27. The van der Waals surface area contributed by atoms with Gasteiger partial charge in [-0.2, -0.15) is 5.26 Å². The Kier molecular flexibility index (Phi) is 3.60. The molecule has 1 saturated heterocycles. The third-order valence-electron chi connectivity index (χ3n) is 3.31. The SMILES string of the molecule is N#Cc1c(F)cccc1N1CCCCC1CN. The Morgan fingerprint density at radius 2 is 2.29 bits per heavy atom. The number of nitrogens with zero attached hydrogens (tertiary/aromatic N) is 2. The number of nitriles is 1. The van der Waals surface area contributed by atoms with Gasteiger partial charge in [-0.25, -0.2) is 4.39 Å². The molecular weight excluding hydrogens is 217 g/mol. The van der Waals surface area contributed by atoms with Crippen LogP contribution in [0.3, 0.4) is 0 Å². The predicted octanol–water partition coefficient (Wildman–Crippen LogP) is 2.01. The van der Waals surface area contributed by atoms with Gasteiger partial charge in [-0.15, -0.1) is 0 Å². The fourth-order valence-electron chi connectivity index (χ4n) is 2.43. The summed E-state index contributed by atoms with van der Waals surface area (Å²) in [7, 11) is 0. The van der Waals surface area contributed by atoms with E-state index in [-0.39, 0.29) is 11.6 Å². The number of piperidine rings is 1. The van der Waals surface area contributed by atoms with E-state index in [1.807, 2.05) is 6.07 Å². The molecule has 1 aromatic carbocycles. The van der Waals surface area contributed by atoms with E-state index in [1.165, 1.54) is 6.07 Å². The van der Waals surface area contributed by atoms with E-state index in [0.717, 1.165) is 25.8 Å². The Bertz CT molecular complexity index is 439. The molecule has 0 amide bonds. The van der Waals surface area contributed by atoms with Crippen LogP contribution in [-0.4, -0.2) is 19.1 Å². The summed E-state index contributed by atoms with van der Waals surface area (Å²) in [6.45, 7) is 1.39. The molecule has 3 nitrogen and oxygen atoms in total. The lowest BCUT2D eigenvalue weighted by atomic mass is 10.00. The van der Waals surface area contributed by atoms with Crippen molar-refractivity contribution in [3.8, 4) is 6.07 Å². The van der Waals surface area contributed by atoms with Gasteiger partial charge in [0, 0.05) is 19.1 Å². The molecule has 2 rings (SSSR count). The first kappa shape index (κ1) is 11.9. The summed E-state index contributed by atoms with van der Waals surface area (Å²) in [5, 5.41) is 9.04. The lowest BCUT2D eigenvalue weighted by molar-refractivity contribution is 0.464. The van der Waals surface area contributed by atoms with Crippen molar-refractivity contribution in [3.05, 3.63) is 29.6 Å². The van der Waals surface area contributed by atoms with Crippen molar-refractivity contribution in [3.63, 3.8) is 0 Å². The second-order valence-corrected chi connectivity index (χ2v) is 4.32. The third-order valence-corrected chi connectivity index (χ3v) is 3.31. The number of halogens is 1. The minimum Gasteiger partial charge on any atom is -0.366 e. The average Bonchev–Trinajstić information content (AvgIpc) is 2.38. The van der Waals surface area contributed by atoms with Crippen LogP contribution in [0.4, 0.5) is 10.1 Å². The standard InChI is InChI=1S/C13H16FN3/c14-12-5-3-6-13(11(12)9-16)17-7-2-1-4-10(17)8-15/h3,5-6,10H,1-2,4,7-8,15H2. The van der Waals surface area contributed by atoms with Crippen LogP contribution >= 0.6 is 0 Å². The maximum atomic E-state index is 13.6. The van der Waals surface area contributed by atoms with Gasteiger partial charge in [0.25, 0.3) is 0 Å². The zero-order valence-electron chi connectivity index (χ0n) is 9.69. The Morgan fingerprint density at radius 1 is 1.47 bits per heavy atom. The largest absolute Gasteiger partial charge is 0.366 e. The van der Waals surface area contributed by atoms with Crippen molar-refractivity contribution in [2.45, 2.75) is 25.3 Å². The molecule has 0 radical (unpaired) electrons. The van der Waals surface area contributed by atoms with E-state index in [9.17, 15) is 4.39 Å². The molecule has 0 bridgehead atoms. The summed E-state index contributed by atoms with van der Waals surface area (Å²) >= 11 is 0. The number of nitrogens with two attached hydrogens (primary N) is 1. The molecule has 4 heteroatoms. The average molecular weight is 233 g/mol. The molecule has 1 unspecified atom stereocenters. The van der Waals surface area contributed by atoms with E-state index < -0.39 is 5.82 Å². The maximum Gasteiger partial charge on any atom is 0.143 e. The van der Waals surface area contributed by atoms with Crippen LogP contribution < -0.4 is 10.6 Å². The minimum absolute atomic E-state index is 0.132. The van der Waals surface area contributed by atoms with Gasteiger partial charge < -0.3 is 10.6 Å². The number of anilines is 1. The van der Waals surface area contributed by atoms with Crippen LogP contribution in [-0.2, 0) is 0 Å². The van der Waals surface area contributed by atoms with Gasteiger partial charge >= 0.3 is 0 Å². The molecule has 1 aliphatic heterocycles. The summed E-state index contributed by atoms with van der Waals surface area (Å²) in [5.74, 6) is -0.452. The van der Waals surface area contributed by atoms with Crippen molar-refractivity contribution in [1.29, 1.82) is 5.26 Å². The van der Waals surface area contributed by atoms with E-state index in [1.54, 1.807) is 12.1 Å². The van der Waals surface area contributed by atoms with Crippen molar-refractivity contribution in [2.75, 3.05) is 18.0 Å². The summed E-state index contributed by atoms with van der Waals surface area (Å²) < 4.78 is 13.6. The highest BCUT2D eigenvalue weighted by Gasteiger charge is 2.24. The molecular formula is C13H16FN3. The highest BCUT2D eigenvalue weighted by molar-refractivity contribution is 5.60. The number of benzene rings is 1. The monoisotopic (exact) mass is 233 g/mol. The van der Waals surface area contributed by atoms with Crippen LogP contribution in [0, 0.1) is 17.1 Å². The molecule has 17 heavy (non-hydrogen) atoms. The minimum atomic E-state index is -0.452. The summed E-state index contributed by atoms with van der Waals surface area (Å²) in [6, 6.07) is 6.94. The lowest BCUT2D eigenvalue weighted by Gasteiger charge is -2.37. The Labute approximate surface area is 101 Å². The first-order valence-corrected chi connectivity index (χ1v) is 5.93. The van der Waals surface area contributed by atoms with Gasteiger partial charge in [0.15, 0.2) is 0 Å². The van der Waals surface area contributed by atoms with E-state index in [4.69, 9.17) is 11.0 Å².